The molecule has 0 radical (unpaired) electrons. The SMILES string of the molecule is CC(O)C1CC(CC(=O)N2CCOCC2)C1(C)C. The zero-order chi connectivity index (χ0) is 13.3. The highest BCUT2D eigenvalue weighted by atomic mass is 16.5. The highest BCUT2D eigenvalue weighted by molar-refractivity contribution is 5.76. The summed E-state index contributed by atoms with van der Waals surface area (Å²) in [6, 6.07) is 0. The second-order valence-electron chi connectivity index (χ2n) is 6.30. The lowest BCUT2D eigenvalue weighted by atomic mass is 9.52. The van der Waals surface area contributed by atoms with Crippen molar-refractivity contribution in [2.45, 2.75) is 39.7 Å². The lowest BCUT2D eigenvalue weighted by molar-refractivity contribution is -0.145. The molecule has 2 rings (SSSR count). The minimum absolute atomic E-state index is 0.0795. The number of aliphatic hydroxyl groups is 1. The molecular weight excluding hydrogens is 230 g/mol. The van der Waals surface area contributed by atoms with Crippen molar-refractivity contribution in [3.8, 4) is 0 Å². The molecule has 0 aromatic rings. The van der Waals surface area contributed by atoms with Crippen molar-refractivity contribution in [1.82, 2.24) is 4.90 Å². The molecule has 1 saturated carbocycles. The molecule has 2 fully saturated rings. The van der Waals surface area contributed by atoms with Gasteiger partial charge >= 0.3 is 0 Å². The Morgan fingerprint density at radius 1 is 1.44 bits per heavy atom. The highest BCUT2D eigenvalue weighted by Gasteiger charge is 2.50. The van der Waals surface area contributed by atoms with Crippen LogP contribution < -0.4 is 0 Å². The topological polar surface area (TPSA) is 49.8 Å². The van der Waals surface area contributed by atoms with Crippen LogP contribution in [0.25, 0.3) is 0 Å². The molecule has 3 unspecified atom stereocenters. The molecule has 1 saturated heterocycles. The Labute approximate surface area is 109 Å². The molecule has 0 aromatic carbocycles. The molecule has 104 valence electrons. The molecule has 1 N–H and O–H groups in total. The fourth-order valence-electron chi connectivity index (χ4n) is 3.37. The van der Waals surface area contributed by atoms with E-state index in [4.69, 9.17) is 4.74 Å². The predicted octanol–water partition coefficient (Wildman–Crippen LogP) is 1.28. The summed E-state index contributed by atoms with van der Waals surface area (Å²) >= 11 is 0. The maximum atomic E-state index is 12.2. The number of ether oxygens (including phenoxy) is 1. The minimum atomic E-state index is -0.269. The van der Waals surface area contributed by atoms with E-state index in [0.717, 1.165) is 19.5 Å². The van der Waals surface area contributed by atoms with Gasteiger partial charge in [0.25, 0.3) is 0 Å². The molecule has 0 bridgehead atoms. The third kappa shape index (κ3) is 2.54. The molecule has 0 aromatic heterocycles. The van der Waals surface area contributed by atoms with Gasteiger partial charge in [0, 0.05) is 19.5 Å². The lowest BCUT2D eigenvalue weighted by Crippen LogP contribution is -2.52. The van der Waals surface area contributed by atoms with E-state index in [-0.39, 0.29) is 17.4 Å². The molecule has 1 amide bonds. The third-order valence-corrected chi connectivity index (χ3v) is 4.91. The van der Waals surface area contributed by atoms with E-state index >= 15 is 0 Å². The molecule has 3 atom stereocenters. The van der Waals surface area contributed by atoms with Gasteiger partial charge in [-0.15, -0.1) is 0 Å². The summed E-state index contributed by atoms with van der Waals surface area (Å²) in [5.41, 5.74) is 0.0795. The first-order valence-corrected chi connectivity index (χ1v) is 6.96. The number of rotatable bonds is 3. The van der Waals surface area contributed by atoms with Gasteiger partial charge in [-0.2, -0.15) is 0 Å². The van der Waals surface area contributed by atoms with Crippen molar-refractivity contribution < 1.29 is 14.6 Å². The smallest absolute Gasteiger partial charge is 0.223 e. The van der Waals surface area contributed by atoms with Crippen LogP contribution in [0.5, 0.6) is 0 Å². The van der Waals surface area contributed by atoms with Crippen LogP contribution in [0.2, 0.25) is 0 Å². The normalized spacial score (nSPS) is 32.8. The summed E-state index contributed by atoms with van der Waals surface area (Å²) in [6.07, 6.45) is 1.33. The largest absolute Gasteiger partial charge is 0.393 e. The molecule has 1 heterocycles. The van der Waals surface area contributed by atoms with E-state index in [9.17, 15) is 9.90 Å². The van der Waals surface area contributed by atoms with E-state index in [1.54, 1.807) is 0 Å². The predicted molar refractivity (Wildman–Crippen MR) is 69.1 cm³/mol. The van der Waals surface area contributed by atoms with Crippen molar-refractivity contribution in [1.29, 1.82) is 0 Å². The molecule has 1 aliphatic heterocycles. The summed E-state index contributed by atoms with van der Waals surface area (Å²) in [5, 5.41) is 9.70. The molecule has 4 heteroatoms. The number of carbonyl (C=O) groups excluding carboxylic acids is 1. The zero-order valence-corrected chi connectivity index (χ0v) is 11.7. The highest BCUT2D eigenvalue weighted by Crippen LogP contribution is 2.54. The minimum Gasteiger partial charge on any atom is -0.393 e. The number of nitrogens with zero attached hydrogens (tertiary/aromatic N) is 1. The summed E-state index contributed by atoms with van der Waals surface area (Å²) < 4.78 is 5.26. The first-order valence-electron chi connectivity index (χ1n) is 6.96. The molecule has 18 heavy (non-hydrogen) atoms. The van der Waals surface area contributed by atoms with Crippen LogP contribution in [0.15, 0.2) is 0 Å². The van der Waals surface area contributed by atoms with Crippen molar-refractivity contribution in [2.75, 3.05) is 26.3 Å². The van der Waals surface area contributed by atoms with Crippen molar-refractivity contribution in [3.05, 3.63) is 0 Å². The summed E-state index contributed by atoms with van der Waals surface area (Å²) in [6.45, 7) is 8.98. The molecule has 0 spiro atoms. The third-order valence-electron chi connectivity index (χ3n) is 4.91. The Hall–Kier alpha value is -0.610. The monoisotopic (exact) mass is 255 g/mol. The van der Waals surface area contributed by atoms with Gasteiger partial charge in [0.05, 0.1) is 19.3 Å². The van der Waals surface area contributed by atoms with Crippen LogP contribution >= 0.6 is 0 Å². The first-order chi connectivity index (χ1) is 8.43. The van der Waals surface area contributed by atoms with Gasteiger partial charge in [-0.1, -0.05) is 13.8 Å². The number of hydrogen-bond acceptors (Lipinski definition) is 3. The van der Waals surface area contributed by atoms with Gasteiger partial charge in [-0.3, -0.25) is 4.79 Å². The van der Waals surface area contributed by atoms with Crippen LogP contribution in [0, 0.1) is 17.3 Å². The number of hydrogen-bond donors (Lipinski definition) is 1. The van der Waals surface area contributed by atoms with Crippen molar-refractivity contribution >= 4 is 5.91 Å². The number of aliphatic hydroxyl groups excluding tert-OH is 1. The maximum absolute atomic E-state index is 12.2. The van der Waals surface area contributed by atoms with Crippen molar-refractivity contribution in [2.24, 2.45) is 17.3 Å². The summed E-state index contributed by atoms with van der Waals surface area (Å²) in [7, 11) is 0. The van der Waals surface area contributed by atoms with Gasteiger partial charge in [-0.05, 0) is 30.6 Å². The quantitative estimate of drug-likeness (QED) is 0.826. The second kappa shape index (κ2) is 5.17. The van der Waals surface area contributed by atoms with Crippen LogP contribution in [-0.2, 0) is 9.53 Å². The van der Waals surface area contributed by atoms with E-state index in [2.05, 4.69) is 13.8 Å². The Morgan fingerprint density at radius 2 is 2.06 bits per heavy atom. The van der Waals surface area contributed by atoms with Gasteiger partial charge in [0.15, 0.2) is 0 Å². The number of carbonyl (C=O) groups is 1. The zero-order valence-electron chi connectivity index (χ0n) is 11.7. The Morgan fingerprint density at radius 3 is 2.56 bits per heavy atom. The fourth-order valence-corrected chi connectivity index (χ4v) is 3.37. The van der Waals surface area contributed by atoms with Crippen LogP contribution in [0.1, 0.15) is 33.6 Å². The second-order valence-corrected chi connectivity index (χ2v) is 6.30. The van der Waals surface area contributed by atoms with Gasteiger partial charge < -0.3 is 14.7 Å². The first kappa shape index (κ1) is 13.8. The molecular formula is C14H25NO3. The standard InChI is InChI=1S/C14H25NO3/c1-10(16)12-8-11(14(12,2)3)9-13(17)15-4-6-18-7-5-15/h10-12,16H,4-9H2,1-3H3. The maximum Gasteiger partial charge on any atom is 0.223 e. The van der Waals surface area contributed by atoms with E-state index < -0.39 is 0 Å². The molecule has 2 aliphatic rings. The molecule has 1 aliphatic carbocycles. The summed E-state index contributed by atoms with van der Waals surface area (Å²) in [5.74, 6) is 0.993. The van der Waals surface area contributed by atoms with Gasteiger partial charge in [-0.25, -0.2) is 0 Å². The summed E-state index contributed by atoms with van der Waals surface area (Å²) in [4.78, 5) is 14.1. The van der Waals surface area contributed by atoms with E-state index in [1.807, 2.05) is 11.8 Å². The lowest BCUT2D eigenvalue weighted by Gasteiger charge is -2.54. The fraction of sp³-hybridized carbons (Fsp3) is 0.929. The van der Waals surface area contributed by atoms with Gasteiger partial charge in [0.1, 0.15) is 0 Å². The van der Waals surface area contributed by atoms with Gasteiger partial charge in [0.2, 0.25) is 5.91 Å². The number of amides is 1. The Bertz CT molecular complexity index is 308. The Balaban J connectivity index is 1.85. The number of morpholine rings is 1. The van der Waals surface area contributed by atoms with E-state index in [1.165, 1.54) is 0 Å². The van der Waals surface area contributed by atoms with Crippen LogP contribution in [-0.4, -0.2) is 48.3 Å². The average Bonchev–Trinajstić information content (AvgIpc) is 2.34. The average molecular weight is 255 g/mol. The Kier molecular flexibility index (Phi) is 3.97. The van der Waals surface area contributed by atoms with Crippen LogP contribution in [0.3, 0.4) is 0 Å². The molecule has 4 nitrogen and oxygen atoms in total. The van der Waals surface area contributed by atoms with Crippen molar-refractivity contribution in [3.63, 3.8) is 0 Å². The van der Waals surface area contributed by atoms with E-state index in [0.29, 0.717) is 31.5 Å². The van der Waals surface area contributed by atoms with Crippen LogP contribution in [0.4, 0.5) is 0 Å².